The number of imide groups is 1. The Balaban J connectivity index is 1.83. The van der Waals surface area contributed by atoms with E-state index in [-0.39, 0.29) is 17.7 Å². The fraction of sp³-hybridized carbons (Fsp3) is 0.238. The Hall–Kier alpha value is -2.00. The zero-order valence-electron chi connectivity index (χ0n) is 15.6. The summed E-state index contributed by atoms with van der Waals surface area (Å²) >= 11 is 3.17. The number of ether oxygens (including phenoxy) is 2. The van der Waals surface area contributed by atoms with Crippen LogP contribution in [0, 0.1) is 3.57 Å². The molecule has 28 heavy (non-hydrogen) atoms. The molecule has 1 aliphatic heterocycles. The molecular formula is C21H20INO4S. The van der Waals surface area contributed by atoms with Crippen LogP contribution in [0.2, 0.25) is 0 Å². The highest BCUT2D eigenvalue weighted by Crippen LogP contribution is 2.36. The van der Waals surface area contributed by atoms with Crippen molar-refractivity contribution in [3.63, 3.8) is 0 Å². The van der Waals surface area contributed by atoms with Crippen molar-refractivity contribution in [1.29, 1.82) is 0 Å². The van der Waals surface area contributed by atoms with E-state index in [0.29, 0.717) is 29.6 Å². The summed E-state index contributed by atoms with van der Waals surface area (Å²) in [5.74, 6) is 1.04. The molecule has 0 atom stereocenters. The van der Waals surface area contributed by atoms with Crippen molar-refractivity contribution in [1.82, 2.24) is 4.90 Å². The van der Waals surface area contributed by atoms with Crippen LogP contribution in [0.1, 0.15) is 25.0 Å². The maximum atomic E-state index is 12.8. The van der Waals surface area contributed by atoms with E-state index in [1.807, 2.05) is 50.2 Å². The third kappa shape index (κ3) is 4.88. The minimum absolute atomic E-state index is 0.264. The topological polar surface area (TPSA) is 55.8 Å². The van der Waals surface area contributed by atoms with Gasteiger partial charge in [-0.05, 0) is 84.1 Å². The first-order valence-corrected chi connectivity index (χ1v) is 10.8. The van der Waals surface area contributed by atoms with Crippen molar-refractivity contribution in [2.24, 2.45) is 0 Å². The fourth-order valence-electron chi connectivity index (χ4n) is 2.72. The molecule has 1 saturated heterocycles. The smallest absolute Gasteiger partial charge is 0.293 e. The Kier molecular flexibility index (Phi) is 7.01. The van der Waals surface area contributed by atoms with Crippen LogP contribution < -0.4 is 9.47 Å². The molecule has 0 aromatic heterocycles. The van der Waals surface area contributed by atoms with Gasteiger partial charge in [-0.25, -0.2) is 0 Å². The third-order valence-electron chi connectivity index (χ3n) is 4.01. The number of hydrogen-bond donors (Lipinski definition) is 0. The highest BCUT2D eigenvalue weighted by molar-refractivity contribution is 14.1. The number of carbonyl (C=O) groups excluding carboxylic acids is 2. The molecule has 5 nitrogen and oxygen atoms in total. The van der Waals surface area contributed by atoms with Crippen molar-refractivity contribution in [2.45, 2.75) is 20.4 Å². The molecule has 1 fully saturated rings. The van der Waals surface area contributed by atoms with Gasteiger partial charge in [-0.3, -0.25) is 14.5 Å². The molecule has 0 aliphatic carbocycles. The molecule has 1 heterocycles. The summed E-state index contributed by atoms with van der Waals surface area (Å²) in [6.07, 6.45) is 1.71. The molecule has 3 rings (SSSR count). The number of benzene rings is 2. The highest BCUT2D eigenvalue weighted by Gasteiger charge is 2.35. The number of amides is 2. The van der Waals surface area contributed by atoms with Gasteiger partial charge in [0, 0.05) is 15.2 Å². The first kappa shape index (κ1) is 20.7. The van der Waals surface area contributed by atoms with Gasteiger partial charge < -0.3 is 9.47 Å². The van der Waals surface area contributed by atoms with Crippen LogP contribution in [0.25, 0.3) is 6.08 Å². The Morgan fingerprint density at radius 1 is 1.04 bits per heavy atom. The normalized spacial score (nSPS) is 15.4. The number of carbonyl (C=O) groups is 2. The summed E-state index contributed by atoms with van der Waals surface area (Å²) in [7, 11) is 0. The number of rotatable bonds is 7. The molecule has 2 amide bonds. The van der Waals surface area contributed by atoms with E-state index in [9.17, 15) is 9.59 Å². The summed E-state index contributed by atoms with van der Waals surface area (Å²) in [6, 6.07) is 13.2. The van der Waals surface area contributed by atoms with Crippen LogP contribution in [0.4, 0.5) is 4.79 Å². The molecule has 0 bridgehead atoms. The SMILES string of the molecule is CCOc1ccc(/C=C2/SC(=O)N(Cc3ccc(I)cc3)C2=O)c(OCC)c1. The summed E-state index contributed by atoms with van der Waals surface area (Å²) < 4.78 is 12.3. The molecule has 2 aromatic carbocycles. The third-order valence-corrected chi connectivity index (χ3v) is 5.64. The van der Waals surface area contributed by atoms with Crippen molar-refractivity contribution < 1.29 is 19.1 Å². The van der Waals surface area contributed by atoms with E-state index < -0.39 is 0 Å². The molecule has 0 N–H and O–H groups in total. The average molecular weight is 509 g/mol. The van der Waals surface area contributed by atoms with Crippen LogP contribution in [-0.2, 0) is 11.3 Å². The standard InChI is InChI=1S/C21H20INO4S/c1-3-26-17-10-7-15(18(12-17)27-4-2)11-19-20(24)23(21(25)28-19)13-14-5-8-16(22)9-6-14/h5-12H,3-4,13H2,1-2H3/b19-11+. The fourth-order valence-corrected chi connectivity index (χ4v) is 3.91. The van der Waals surface area contributed by atoms with Crippen molar-refractivity contribution in [3.05, 3.63) is 62.1 Å². The van der Waals surface area contributed by atoms with E-state index in [4.69, 9.17) is 9.47 Å². The maximum absolute atomic E-state index is 12.8. The van der Waals surface area contributed by atoms with Gasteiger partial charge in [-0.1, -0.05) is 12.1 Å². The van der Waals surface area contributed by atoms with E-state index in [1.165, 1.54) is 4.90 Å². The summed E-state index contributed by atoms with van der Waals surface area (Å²) in [5, 5.41) is -0.265. The number of hydrogen-bond acceptors (Lipinski definition) is 5. The Morgan fingerprint density at radius 3 is 2.43 bits per heavy atom. The molecule has 1 aliphatic rings. The Morgan fingerprint density at radius 2 is 1.75 bits per heavy atom. The maximum Gasteiger partial charge on any atom is 0.293 e. The number of halogens is 1. The molecule has 7 heteroatoms. The van der Waals surface area contributed by atoms with Gasteiger partial charge in [-0.2, -0.15) is 0 Å². The van der Waals surface area contributed by atoms with Gasteiger partial charge in [0.15, 0.2) is 0 Å². The lowest BCUT2D eigenvalue weighted by Gasteiger charge is -2.12. The van der Waals surface area contributed by atoms with E-state index in [1.54, 1.807) is 12.1 Å². The first-order chi connectivity index (χ1) is 13.5. The first-order valence-electron chi connectivity index (χ1n) is 8.91. The van der Waals surface area contributed by atoms with Crippen LogP contribution in [-0.4, -0.2) is 29.3 Å². The largest absolute Gasteiger partial charge is 0.494 e. The van der Waals surface area contributed by atoms with Crippen LogP contribution in [0.5, 0.6) is 11.5 Å². The number of thioether (sulfide) groups is 1. The quantitative estimate of drug-likeness (QED) is 0.374. The van der Waals surface area contributed by atoms with Crippen molar-refractivity contribution >= 4 is 51.6 Å². The monoisotopic (exact) mass is 509 g/mol. The Labute approximate surface area is 182 Å². The summed E-state index contributed by atoms with van der Waals surface area (Å²) in [5.41, 5.74) is 1.66. The van der Waals surface area contributed by atoms with Gasteiger partial charge in [0.25, 0.3) is 11.1 Å². The summed E-state index contributed by atoms with van der Waals surface area (Å²) in [6.45, 7) is 5.12. The minimum atomic E-state index is -0.287. The van der Waals surface area contributed by atoms with E-state index in [0.717, 1.165) is 26.5 Å². The number of nitrogens with zero attached hydrogens (tertiary/aromatic N) is 1. The highest BCUT2D eigenvalue weighted by atomic mass is 127. The molecule has 2 aromatic rings. The van der Waals surface area contributed by atoms with Crippen molar-refractivity contribution in [3.8, 4) is 11.5 Å². The zero-order valence-corrected chi connectivity index (χ0v) is 18.6. The lowest BCUT2D eigenvalue weighted by Crippen LogP contribution is -2.27. The van der Waals surface area contributed by atoms with Gasteiger partial charge in [0.1, 0.15) is 11.5 Å². The lowest BCUT2D eigenvalue weighted by atomic mass is 10.1. The van der Waals surface area contributed by atoms with Gasteiger partial charge in [0.2, 0.25) is 0 Å². The van der Waals surface area contributed by atoms with Gasteiger partial charge >= 0.3 is 0 Å². The average Bonchev–Trinajstić information content (AvgIpc) is 2.93. The predicted octanol–water partition coefficient (Wildman–Crippen LogP) is 5.33. The van der Waals surface area contributed by atoms with Crippen LogP contribution >= 0.6 is 34.4 Å². The minimum Gasteiger partial charge on any atom is -0.494 e. The second kappa shape index (κ2) is 9.47. The second-order valence-electron chi connectivity index (χ2n) is 5.96. The van der Waals surface area contributed by atoms with E-state index in [2.05, 4.69) is 22.6 Å². The lowest BCUT2D eigenvalue weighted by molar-refractivity contribution is -0.123. The molecule has 0 unspecified atom stereocenters. The van der Waals surface area contributed by atoms with Crippen LogP contribution in [0.15, 0.2) is 47.4 Å². The molecule has 0 saturated carbocycles. The second-order valence-corrected chi connectivity index (χ2v) is 8.20. The predicted molar refractivity (Wildman–Crippen MR) is 119 cm³/mol. The molecular weight excluding hydrogens is 489 g/mol. The molecule has 0 radical (unpaired) electrons. The zero-order chi connectivity index (χ0) is 20.1. The van der Waals surface area contributed by atoms with E-state index >= 15 is 0 Å². The molecule has 146 valence electrons. The van der Waals surface area contributed by atoms with Crippen LogP contribution in [0.3, 0.4) is 0 Å². The summed E-state index contributed by atoms with van der Waals surface area (Å²) in [4.78, 5) is 26.8. The van der Waals surface area contributed by atoms with Gasteiger partial charge in [0.05, 0.1) is 24.7 Å². The van der Waals surface area contributed by atoms with Gasteiger partial charge in [-0.15, -0.1) is 0 Å². The molecule has 0 spiro atoms. The Bertz CT molecular complexity index is 911. The van der Waals surface area contributed by atoms with Crippen molar-refractivity contribution in [2.75, 3.05) is 13.2 Å².